The molecule has 0 atom stereocenters. The second kappa shape index (κ2) is 54.5. The van der Waals surface area contributed by atoms with E-state index in [1.54, 1.807) is 87.5 Å². The maximum absolute atomic E-state index is 12.6. The predicted molar refractivity (Wildman–Crippen MR) is 468 cm³/mol. The van der Waals surface area contributed by atoms with Crippen LogP contribution in [0.15, 0.2) is 216 Å². The fourth-order valence-electron chi connectivity index (χ4n) is 9.94. The second-order valence-electron chi connectivity index (χ2n) is 24.2. The van der Waals surface area contributed by atoms with E-state index in [0.29, 0.717) is 124 Å². The number of hydrogen-bond donors (Lipinski definition) is 9. The number of aromatic nitrogens is 3. The summed E-state index contributed by atoms with van der Waals surface area (Å²) in [6, 6.07) is 44.9. The van der Waals surface area contributed by atoms with Crippen LogP contribution in [0, 0.1) is 15.0 Å². The van der Waals surface area contributed by atoms with E-state index in [2.05, 4.69) is 36.1 Å². The molecule has 18 nitrogen and oxygen atoms in total. The quantitative estimate of drug-likeness (QED) is 0.0124. The minimum Gasteiger partial charge on any atom is -0.550 e. The number of alkyl halides is 15. The molecule has 670 valence electrons. The van der Waals surface area contributed by atoms with Crippen LogP contribution in [0.25, 0.3) is 66.5 Å². The summed E-state index contributed by atoms with van der Waals surface area (Å²) in [5.41, 5.74) is 15.3. The molecular weight excluding hydrogens is 1980 g/mol. The maximum atomic E-state index is 12.6. The number of halogens is 26. The molecule has 10 aromatic carbocycles. The molecule has 127 heavy (non-hydrogen) atoms. The van der Waals surface area contributed by atoms with E-state index in [0.717, 1.165) is 78.3 Å². The summed E-state index contributed by atoms with van der Waals surface area (Å²) in [6.45, 7) is 7.82. The number of aliphatic hydroxyl groups is 2. The molecular formula is C81H64Cl11F15KN10NaO8. The van der Waals surface area contributed by atoms with Crippen LogP contribution in [0.4, 0.5) is 88.6 Å². The van der Waals surface area contributed by atoms with Crippen LogP contribution in [-0.2, 0) is 35.7 Å². The van der Waals surface area contributed by atoms with E-state index in [1.165, 1.54) is 73.7 Å². The number of rotatable bonds is 9. The number of nitrogen functional groups attached to an aromatic ring is 2. The third kappa shape index (κ3) is 35.7. The first-order valence-electron chi connectivity index (χ1n) is 34.3. The van der Waals surface area contributed by atoms with Crippen molar-refractivity contribution >= 4 is 201 Å². The van der Waals surface area contributed by atoms with Crippen molar-refractivity contribution in [2.75, 3.05) is 29.8 Å². The minimum absolute atomic E-state index is 0. The van der Waals surface area contributed by atoms with Gasteiger partial charge in [0.1, 0.15) is 5.69 Å². The van der Waals surface area contributed by atoms with Crippen molar-refractivity contribution in [3.05, 3.63) is 304 Å². The molecule has 0 aliphatic heterocycles. The number of hydrazine groups is 1. The van der Waals surface area contributed by atoms with Gasteiger partial charge in [-0.2, -0.15) is 71.0 Å². The van der Waals surface area contributed by atoms with Gasteiger partial charge in [0.2, 0.25) is 0 Å². The van der Waals surface area contributed by atoms with Crippen LogP contribution in [0.5, 0.6) is 0 Å². The van der Waals surface area contributed by atoms with Crippen molar-refractivity contribution in [2.24, 2.45) is 21.5 Å². The second-order valence-corrected chi connectivity index (χ2v) is 28.1. The Kier molecular flexibility index (Phi) is 50.5. The molecule has 0 unspecified atom stereocenters. The summed E-state index contributed by atoms with van der Waals surface area (Å²) in [7, 11) is 0. The zero-order valence-electron chi connectivity index (χ0n) is 66.2. The number of nitroso groups, excluding NO2 is 1. The Labute approximate surface area is 834 Å². The normalized spacial score (nSPS) is 10.9. The number of carbonyl (C=O) groups is 2. The zero-order chi connectivity index (χ0) is 93.7. The van der Waals surface area contributed by atoms with Crippen molar-refractivity contribution in [3.63, 3.8) is 0 Å². The molecule has 0 bridgehead atoms. The van der Waals surface area contributed by atoms with Gasteiger partial charge in [-0.05, 0) is 172 Å². The first-order chi connectivity index (χ1) is 57.9. The van der Waals surface area contributed by atoms with Gasteiger partial charge in [-0.15, -0.1) is 22.7 Å². The number of anilines is 3. The number of nitrogens with one attached hydrogen (secondary N) is 5. The molecule has 3 aromatic heterocycles. The molecule has 46 heteroatoms. The Balaban J connectivity index is 0.000000748. The van der Waals surface area contributed by atoms with Crippen LogP contribution in [-0.4, -0.2) is 55.8 Å². The number of nitrogens with zero attached hydrogens (tertiary/aromatic N) is 3. The van der Waals surface area contributed by atoms with E-state index < -0.39 is 64.7 Å². The maximum Gasteiger partial charge on any atom is 1.00 e. The van der Waals surface area contributed by atoms with Gasteiger partial charge in [-0.3, -0.25) is 16.1 Å². The number of carboxylic acid groups (broad SMARTS) is 1. The molecule has 0 amide bonds. The number of nitrogens with two attached hydrogens (primary N) is 2. The monoisotopic (exact) mass is 2040 g/mol. The predicted octanol–water partition coefficient (Wildman–Crippen LogP) is 22.9. The molecule has 11 N–H and O–H groups in total. The van der Waals surface area contributed by atoms with Crippen LogP contribution in [0.2, 0.25) is 50.2 Å². The van der Waals surface area contributed by atoms with E-state index in [-0.39, 0.29) is 139 Å². The molecule has 0 aliphatic rings. The summed E-state index contributed by atoms with van der Waals surface area (Å²) >= 11 is 59.4. The summed E-state index contributed by atoms with van der Waals surface area (Å²) in [5, 5.41) is 45.7. The van der Waals surface area contributed by atoms with E-state index >= 15 is 0 Å². The van der Waals surface area contributed by atoms with Crippen molar-refractivity contribution in [1.29, 1.82) is 0 Å². The van der Waals surface area contributed by atoms with Gasteiger partial charge < -0.3 is 56.3 Å². The van der Waals surface area contributed by atoms with E-state index in [9.17, 15) is 75.6 Å². The number of carboxylic acids is 1. The van der Waals surface area contributed by atoms with E-state index in [4.69, 9.17) is 158 Å². The third-order valence-electron chi connectivity index (χ3n) is 15.7. The van der Waals surface area contributed by atoms with Gasteiger partial charge in [0.25, 0.3) is 0 Å². The van der Waals surface area contributed by atoms with Crippen LogP contribution >= 0.6 is 128 Å². The number of carbonyl (C=O) groups excluding carboxylic acids is 2. The van der Waals surface area contributed by atoms with Gasteiger partial charge in [-0.1, -0.05) is 195 Å². The first kappa shape index (κ1) is 118. The number of Topliss-reactive ketones (excluding diaryl/α,β-unsaturated/α-hetero) is 1. The summed E-state index contributed by atoms with van der Waals surface area (Å²) in [6.07, 6.45) is -21.8. The summed E-state index contributed by atoms with van der Waals surface area (Å²) in [5.74, 6) is 3.80. The van der Waals surface area contributed by atoms with Gasteiger partial charge in [0, 0.05) is 57.7 Å². The third-order valence-corrected chi connectivity index (χ3v) is 19.7. The first-order valence-corrected chi connectivity index (χ1v) is 38.1. The van der Waals surface area contributed by atoms with Gasteiger partial charge in [0.15, 0.2) is 5.78 Å². The Morgan fingerprint density at radius 2 is 0.748 bits per heavy atom. The number of H-pyrrole nitrogens is 3. The minimum atomic E-state index is -4.43. The molecule has 0 fully saturated rings. The standard InChI is InChI=1S/C15H7Cl2F3N2O.C15H9Cl2F3N2.C15H11Cl2F3N2.C15H8Cl2F3N.C9H7F3O.C6H6Cl2N2.C2H4O2.2C2H6O.ClH.K.HNO2.Na/c16-10-6-5-9-13(11(10)17)21-12(14(9)22-23)7-1-3-8(4-2-7)15(18,19)20;16-10-6-5-9-12(21)13(22-14(9)11(10)17)7-1-3-8(4-2-7)15(18,19)20;1-9(10-5-7-11(8-6-10)15(18,19)20)21-22-13-4-2-3-12(16)14(13)17;16-11-6-3-9-7-12(21-14(9)13(11)17)8-1-4-10(5-2-8)15(18,19)20;1-6(13)7-2-4-8(5-3-7)9(10,11)12;7-4-2-1-3-5(10-9)6(4)8;1-2(3)4;2*1-2-3;;;2-1-3;/h1-6,21H;1-6,22H,21H2;2-8,22H,1H3;1-7,21H;2-5H,1H3;1-3,10H,9H2;1H3,(H,3,4);2*3H,2H2,1H3;1H;;(H,2,3);/q;;;;;;;;;;+1;;+1/p-2/b;;21-9+;;;;;;;;;;. The molecule has 0 radical (unpaired) electrons. The number of ketones is 1. The smallest absolute Gasteiger partial charge is 0.550 e. The van der Waals surface area contributed by atoms with Crippen molar-refractivity contribution in [2.45, 2.75) is 65.5 Å². The number of fused-ring (bicyclic) bond motifs is 3. The summed E-state index contributed by atoms with van der Waals surface area (Å²) < 4.78 is 187. The zero-order valence-corrected chi connectivity index (χ0v) is 79.7. The van der Waals surface area contributed by atoms with Crippen LogP contribution in [0.3, 0.4) is 0 Å². The largest absolute Gasteiger partial charge is 1.00 e. The molecule has 3 heterocycles. The number of benzene rings is 10. The number of aliphatic hydroxyl groups excluding tert-OH is 2. The molecule has 13 rings (SSSR count). The summed E-state index contributed by atoms with van der Waals surface area (Å²) in [4.78, 5) is 47.8. The topological polar surface area (TPSA) is 315 Å². The molecule has 0 saturated carbocycles. The Morgan fingerprint density at radius 1 is 0.441 bits per heavy atom. The Morgan fingerprint density at radius 3 is 1.11 bits per heavy atom. The van der Waals surface area contributed by atoms with E-state index in [1.807, 2.05) is 6.07 Å². The number of aliphatic carboxylic acids is 1. The Hall–Kier alpha value is -7.31. The molecule has 0 saturated heterocycles. The fraction of sp³-hybridized carbons (Fsp3) is 0.148. The number of aromatic amines is 3. The van der Waals surface area contributed by atoms with Crippen molar-refractivity contribution in [1.82, 2.24) is 15.0 Å². The van der Waals surface area contributed by atoms with Crippen LogP contribution < -0.4 is 108 Å². The average molecular weight is 2040 g/mol. The van der Waals surface area contributed by atoms with Gasteiger partial charge in [-0.25, -0.2) is 0 Å². The Bertz CT molecular complexity index is 5760. The van der Waals surface area contributed by atoms with Gasteiger partial charge in [0.05, 0.1) is 129 Å². The SMILES string of the molecule is C/C(=N\Nc1cccc(Cl)c1Cl)c1ccc(C(F)(F)F)cc1.CC(=O)[O-].CC(=O)c1ccc(C(F)(F)F)cc1.CCO.CCO.Cl.FC(F)(F)c1ccc(-c2cc3ccc(Cl)c(Cl)c3[nH]2)cc1.NNc1cccc(Cl)c1Cl.Nc1c(-c2ccc(C(F)(F)F)cc2)[nH]c2c(Cl)c(Cl)ccc12.O=N[O-].O=Nc1c(-c2ccc(C(F)(F)F)cc2)[nH]c2c(Cl)c(Cl)ccc12.[K+].[Na+]. The molecule has 13 aromatic rings. The number of hydrogen-bond acceptors (Lipinski definition) is 15. The van der Waals surface area contributed by atoms with Gasteiger partial charge >= 0.3 is 112 Å². The van der Waals surface area contributed by atoms with Crippen molar-refractivity contribution < 1.29 is 172 Å². The molecule has 0 spiro atoms. The average Bonchev–Trinajstić information content (AvgIpc) is 1.61. The van der Waals surface area contributed by atoms with Crippen LogP contribution in [0.1, 0.15) is 78.4 Å². The number of hydrazone groups is 1. The van der Waals surface area contributed by atoms with Crippen molar-refractivity contribution in [3.8, 4) is 33.8 Å². The fourth-order valence-corrected chi connectivity index (χ4v) is 11.8. The molecule has 0 aliphatic carbocycles.